The van der Waals surface area contributed by atoms with Crippen LogP contribution in [-0.2, 0) is 0 Å². The van der Waals surface area contributed by atoms with Gasteiger partial charge >= 0.3 is 6.03 Å². The first-order valence-electron chi connectivity index (χ1n) is 11.2. The second kappa shape index (κ2) is 10.6. The fraction of sp³-hybridized carbons (Fsp3) is 0.440. The summed E-state index contributed by atoms with van der Waals surface area (Å²) in [5.74, 6) is 0.237. The minimum atomic E-state index is -0.345. The van der Waals surface area contributed by atoms with E-state index in [0.717, 1.165) is 11.4 Å². The van der Waals surface area contributed by atoms with Crippen LogP contribution in [0.4, 0.5) is 16.2 Å². The number of anilines is 2. The lowest BCUT2D eigenvalue weighted by molar-refractivity contribution is 0.0371. The molecular weight excluding hydrogens is 420 g/mol. The Kier molecular flexibility index (Phi) is 7.81. The number of nitrogens with one attached hydrogen (secondary N) is 1. The van der Waals surface area contributed by atoms with Gasteiger partial charge in [-0.25, -0.2) is 4.79 Å². The van der Waals surface area contributed by atoms with Crippen LogP contribution >= 0.6 is 0 Å². The van der Waals surface area contributed by atoms with Crippen LogP contribution in [0.25, 0.3) is 0 Å². The SMILES string of the molecule is C[C@@H]1CN([C@H](C)CO)C(=O)c2cc(N(C)C)ccc2O[C@@H]1CN(C)C(=O)Nc1ccccc1. The lowest BCUT2D eigenvalue weighted by Crippen LogP contribution is -2.50. The van der Waals surface area contributed by atoms with E-state index in [0.29, 0.717) is 24.4 Å². The van der Waals surface area contributed by atoms with Gasteiger partial charge in [0.1, 0.15) is 11.9 Å². The molecule has 0 aliphatic carbocycles. The molecule has 0 saturated carbocycles. The Morgan fingerprint density at radius 2 is 1.91 bits per heavy atom. The number of ether oxygens (including phenoxy) is 1. The smallest absolute Gasteiger partial charge is 0.321 e. The molecule has 33 heavy (non-hydrogen) atoms. The molecule has 1 aliphatic rings. The summed E-state index contributed by atoms with van der Waals surface area (Å²) in [6.07, 6.45) is -0.345. The predicted molar refractivity (Wildman–Crippen MR) is 130 cm³/mol. The van der Waals surface area contributed by atoms with Gasteiger partial charge in [-0.3, -0.25) is 4.79 Å². The monoisotopic (exact) mass is 454 g/mol. The van der Waals surface area contributed by atoms with Crippen LogP contribution in [0, 0.1) is 5.92 Å². The molecule has 1 heterocycles. The molecule has 0 saturated heterocycles. The van der Waals surface area contributed by atoms with E-state index in [1.165, 1.54) is 0 Å². The zero-order valence-corrected chi connectivity index (χ0v) is 20.0. The number of benzene rings is 2. The second-order valence-corrected chi connectivity index (χ2v) is 8.87. The number of aliphatic hydroxyl groups is 1. The molecule has 2 aromatic rings. The molecule has 3 rings (SSSR count). The number of likely N-dealkylation sites (N-methyl/N-ethyl adjacent to an activating group) is 1. The third kappa shape index (κ3) is 5.76. The summed E-state index contributed by atoms with van der Waals surface area (Å²) in [7, 11) is 5.55. The Morgan fingerprint density at radius 3 is 2.55 bits per heavy atom. The van der Waals surface area contributed by atoms with Crippen LogP contribution in [0.2, 0.25) is 0 Å². The van der Waals surface area contributed by atoms with E-state index in [-0.39, 0.29) is 36.6 Å². The minimum Gasteiger partial charge on any atom is -0.487 e. The van der Waals surface area contributed by atoms with Gasteiger partial charge in [-0.15, -0.1) is 0 Å². The van der Waals surface area contributed by atoms with Crippen molar-refractivity contribution in [2.45, 2.75) is 26.0 Å². The maximum atomic E-state index is 13.4. The Balaban J connectivity index is 1.87. The molecule has 0 unspecified atom stereocenters. The quantitative estimate of drug-likeness (QED) is 0.701. The van der Waals surface area contributed by atoms with E-state index in [1.54, 1.807) is 22.9 Å². The number of fused-ring (bicyclic) bond motifs is 1. The van der Waals surface area contributed by atoms with Crippen LogP contribution in [0.15, 0.2) is 48.5 Å². The molecule has 3 atom stereocenters. The number of nitrogens with zero attached hydrogens (tertiary/aromatic N) is 3. The molecule has 0 fully saturated rings. The highest BCUT2D eigenvalue weighted by atomic mass is 16.5. The van der Waals surface area contributed by atoms with Crippen molar-refractivity contribution in [1.82, 2.24) is 9.80 Å². The Morgan fingerprint density at radius 1 is 1.21 bits per heavy atom. The van der Waals surface area contributed by atoms with Crippen molar-refractivity contribution in [2.75, 3.05) is 51.1 Å². The van der Waals surface area contributed by atoms with E-state index in [2.05, 4.69) is 5.32 Å². The molecular formula is C25H34N4O4. The summed E-state index contributed by atoms with van der Waals surface area (Å²) in [5, 5.41) is 12.7. The Hall–Kier alpha value is -3.26. The van der Waals surface area contributed by atoms with E-state index >= 15 is 0 Å². The molecule has 0 radical (unpaired) electrons. The van der Waals surface area contributed by atoms with Gasteiger partial charge in [0.05, 0.1) is 24.8 Å². The standard InChI is InChI=1S/C25H34N4O4/c1-17-14-29(18(2)16-30)24(31)21-13-20(27(3)4)11-12-22(21)33-23(17)15-28(5)25(32)26-19-9-7-6-8-10-19/h6-13,17-18,23,30H,14-16H2,1-5H3,(H,26,32)/t17-,18-,23-/m1/s1. The van der Waals surface area contributed by atoms with Gasteiger partial charge in [-0.2, -0.15) is 0 Å². The van der Waals surface area contributed by atoms with E-state index < -0.39 is 0 Å². The topological polar surface area (TPSA) is 85.4 Å². The summed E-state index contributed by atoms with van der Waals surface area (Å²) in [6, 6.07) is 14.2. The number of hydrogen-bond donors (Lipinski definition) is 2. The number of carbonyl (C=O) groups excluding carboxylic acids is 2. The first-order valence-corrected chi connectivity index (χ1v) is 11.2. The van der Waals surface area contributed by atoms with Gasteiger partial charge in [-0.05, 0) is 37.3 Å². The lowest BCUT2D eigenvalue weighted by Gasteiger charge is -2.38. The summed E-state index contributed by atoms with van der Waals surface area (Å²) in [4.78, 5) is 31.3. The minimum absolute atomic E-state index is 0.0726. The third-order valence-corrected chi connectivity index (χ3v) is 5.99. The second-order valence-electron chi connectivity index (χ2n) is 8.87. The lowest BCUT2D eigenvalue weighted by atomic mass is 9.99. The van der Waals surface area contributed by atoms with E-state index in [1.807, 2.05) is 75.3 Å². The highest BCUT2D eigenvalue weighted by molar-refractivity contribution is 5.98. The van der Waals surface area contributed by atoms with Crippen molar-refractivity contribution in [3.05, 3.63) is 54.1 Å². The summed E-state index contributed by atoms with van der Waals surface area (Å²) in [6.45, 7) is 4.44. The zero-order chi connectivity index (χ0) is 24.1. The molecule has 0 spiro atoms. The number of aliphatic hydroxyl groups excluding tert-OH is 1. The van der Waals surface area contributed by atoms with E-state index in [9.17, 15) is 14.7 Å². The van der Waals surface area contributed by atoms with Crippen LogP contribution in [-0.4, -0.2) is 79.8 Å². The van der Waals surface area contributed by atoms with Crippen LogP contribution in [0.3, 0.4) is 0 Å². The molecule has 0 bridgehead atoms. The first-order chi connectivity index (χ1) is 15.7. The van der Waals surface area contributed by atoms with Gasteiger partial charge < -0.3 is 29.9 Å². The fourth-order valence-corrected chi connectivity index (χ4v) is 3.80. The number of para-hydroxylation sites is 1. The molecule has 8 nitrogen and oxygen atoms in total. The molecule has 8 heteroatoms. The molecule has 0 aromatic heterocycles. The summed E-state index contributed by atoms with van der Waals surface area (Å²) < 4.78 is 6.34. The number of carbonyl (C=O) groups is 2. The van der Waals surface area contributed by atoms with Crippen molar-refractivity contribution in [2.24, 2.45) is 5.92 Å². The van der Waals surface area contributed by atoms with Crippen molar-refractivity contribution >= 4 is 23.3 Å². The number of rotatable bonds is 6. The van der Waals surface area contributed by atoms with Gasteiger partial charge in [-0.1, -0.05) is 25.1 Å². The summed E-state index contributed by atoms with van der Waals surface area (Å²) in [5.41, 5.74) is 2.05. The normalized spacial score (nSPS) is 19.0. The average Bonchev–Trinajstić information content (AvgIpc) is 2.80. The van der Waals surface area contributed by atoms with Gasteiger partial charge in [0.2, 0.25) is 0 Å². The molecule has 178 valence electrons. The number of hydrogen-bond acceptors (Lipinski definition) is 5. The maximum Gasteiger partial charge on any atom is 0.321 e. The third-order valence-electron chi connectivity index (χ3n) is 5.99. The Bertz CT molecular complexity index is 966. The van der Waals surface area contributed by atoms with Crippen LogP contribution < -0.4 is 15.0 Å². The molecule has 1 aliphatic heterocycles. The van der Waals surface area contributed by atoms with Gasteiger partial charge in [0.25, 0.3) is 5.91 Å². The molecule has 2 N–H and O–H groups in total. The fourth-order valence-electron chi connectivity index (χ4n) is 3.80. The van der Waals surface area contributed by atoms with E-state index in [4.69, 9.17) is 4.74 Å². The number of urea groups is 1. The molecule has 2 aromatic carbocycles. The zero-order valence-electron chi connectivity index (χ0n) is 20.0. The highest BCUT2D eigenvalue weighted by Gasteiger charge is 2.34. The van der Waals surface area contributed by atoms with Gasteiger partial charge in [0.15, 0.2) is 0 Å². The number of amides is 3. The van der Waals surface area contributed by atoms with Crippen molar-refractivity contribution in [3.8, 4) is 5.75 Å². The van der Waals surface area contributed by atoms with Crippen LogP contribution in [0.5, 0.6) is 5.75 Å². The predicted octanol–water partition coefficient (Wildman–Crippen LogP) is 3.14. The highest BCUT2D eigenvalue weighted by Crippen LogP contribution is 2.31. The van der Waals surface area contributed by atoms with Crippen molar-refractivity contribution < 1.29 is 19.4 Å². The van der Waals surface area contributed by atoms with Gasteiger partial charge in [0, 0.05) is 45.0 Å². The van der Waals surface area contributed by atoms with Crippen molar-refractivity contribution in [3.63, 3.8) is 0 Å². The average molecular weight is 455 g/mol. The summed E-state index contributed by atoms with van der Waals surface area (Å²) >= 11 is 0. The van der Waals surface area contributed by atoms with Crippen LogP contribution in [0.1, 0.15) is 24.2 Å². The molecule has 3 amide bonds. The van der Waals surface area contributed by atoms with Crippen molar-refractivity contribution in [1.29, 1.82) is 0 Å². The first kappa shape index (κ1) is 24.4. The largest absolute Gasteiger partial charge is 0.487 e. The Labute approximate surface area is 195 Å². The maximum absolute atomic E-state index is 13.4.